The van der Waals surface area contributed by atoms with E-state index < -0.39 is 13.6 Å². The molecule has 0 heterocycles. The average Bonchev–Trinajstić information content (AvgIpc) is 2.61. The van der Waals surface area contributed by atoms with Gasteiger partial charge in [0, 0.05) is 31.6 Å². The second kappa shape index (κ2) is 11.9. The number of carbonyl (C=O) groups excluding carboxylic acids is 1. The molecule has 27 heavy (non-hydrogen) atoms. The normalized spacial score (nSPS) is 12.2. The minimum Gasteiger partial charge on any atom is -0.374 e. The van der Waals surface area contributed by atoms with Crippen molar-refractivity contribution in [2.24, 2.45) is 0 Å². The first-order valence-corrected chi connectivity index (χ1v) is 12.6. The number of anilines is 1. The van der Waals surface area contributed by atoms with Gasteiger partial charge in [-0.15, -0.1) is 11.8 Å². The number of rotatable bonds is 13. The van der Waals surface area contributed by atoms with Gasteiger partial charge in [-0.05, 0) is 65.8 Å². The standard InChI is InChI=1S/C20H35NO4SSi/c1-7-23-27(24-8-2,25-9-3)16-10-15-26-20(5,6)19(22)21-18-13-11-17(4)12-14-18/h11-14H,7-10,15-16H2,1-6H3,(H,21,22). The fourth-order valence-electron chi connectivity index (χ4n) is 2.60. The van der Waals surface area contributed by atoms with Crippen molar-refractivity contribution < 1.29 is 18.1 Å². The monoisotopic (exact) mass is 413 g/mol. The number of hydrogen-bond acceptors (Lipinski definition) is 5. The van der Waals surface area contributed by atoms with Crippen LogP contribution in [0.1, 0.15) is 46.6 Å². The van der Waals surface area contributed by atoms with Crippen molar-refractivity contribution in [3.63, 3.8) is 0 Å². The molecule has 0 spiro atoms. The Morgan fingerprint density at radius 1 is 1.04 bits per heavy atom. The zero-order chi connectivity index (χ0) is 20.3. The number of nitrogens with one attached hydrogen (secondary N) is 1. The number of amides is 1. The zero-order valence-electron chi connectivity index (χ0n) is 17.6. The lowest BCUT2D eigenvalue weighted by molar-refractivity contribution is -0.117. The second-order valence-electron chi connectivity index (χ2n) is 6.76. The lowest BCUT2D eigenvalue weighted by Crippen LogP contribution is -2.46. The molecular formula is C20H35NO4SSi. The van der Waals surface area contributed by atoms with Crippen molar-refractivity contribution in [2.45, 2.75) is 58.8 Å². The van der Waals surface area contributed by atoms with E-state index in [4.69, 9.17) is 13.3 Å². The Kier molecular flexibility index (Phi) is 10.6. The van der Waals surface area contributed by atoms with Crippen LogP contribution < -0.4 is 5.32 Å². The van der Waals surface area contributed by atoms with E-state index in [0.29, 0.717) is 19.8 Å². The Hall–Kier alpha value is -0.863. The molecule has 1 rings (SSSR count). The number of hydrogen-bond donors (Lipinski definition) is 1. The summed E-state index contributed by atoms with van der Waals surface area (Å²) >= 11 is 1.65. The lowest BCUT2D eigenvalue weighted by Gasteiger charge is -2.29. The summed E-state index contributed by atoms with van der Waals surface area (Å²) in [4.78, 5) is 12.6. The Balaban J connectivity index is 2.53. The highest BCUT2D eigenvalue weighted by molar-refractivity contribution is 8.01. The molecule has 0 radical (unpaired) electrons. The molecule has 0 aliphatic heterocycles. The van der Waals surface area contributed by atoms with Crippen molar-refractivity contribution >= 4 is 32.2 Å². The third kappa shape index (κ3) is 8.35. The highest BCUT2D eigenvalue weighted by Gasteiger charge is 2.40. The van der Waals surface area contributed by atoms with Gasteiger partial charge in [0.15, 0.2) is 0 Å². The van der Waals surface area contributed by atoms with E-state index in [1.807, 2.05) is 65.8 Å². The van der Waals surface area contributed by atoms with Gasteiger partial charge in [-0.2, -0.15) is 0 Å². The minimum atomic E-state index is -2.60. The fourth-order valence-corrected chi connectivity index (χ4v) is 6.45. The summed E-state index contributed by atoms with van der Waals surface area (Å²) < 4.78 is 17.1. The first-order valence-electron chi connectivity index (χ1n) is 9.72. The predicted octanol–water partition coefficient (Wildman–Crippen LogP) is 4.88. The third-order valence-corrected chi connectivity index (χ3v) is 8.59. The van der Waals surface area contributed by atoms with Crippen LogP contribution in [0.15, 0.2) is 24.3 Å². The summed E-state index contributed by atoms with van der Waals surface area (Å²) in [6, 6.07) is 8.62. The highest BCUT2D eigenvalue weighted by atomic mass is 32.2. The molecule has 0 aliphatic rings. The molecule has 0 aromatic heterocycles. The molecule has 1 aromatic rings. The van der Waals surface area contributed by atoms with Crippen LogP contribution in [0, 0.1) is 6.92 Å². The zero-order valence-corrected chi connectivity index (χ0v) is 19.4. The van der Waals surface area contributed by atoms with Gasteiger partial charge in [0.05, 0.1) is 4.75 Å². The topological polar surface area (TPSA) is 56.8 Å². The molecule has 0 saturated carbocycles. The summed E-state index contributed by atoms with van der Waals surface area (Å²) in [5.41, 5.74) is 2.00. The van der Waals surface area contributed by atoms with E-state index in [1.165, 1.54) is 5.56 Å². The van der Waals surface area contributed by atoms with Gasteiger partial charge >= 0.3 is 8.80 Å². The lowest BCUT2D eigenvalue weighted by atomic mass is 10.1. The number of aryl methyl sites for hydroxylation is 1. The Morgan fingerprint density at radius 3 is 2.04 bits per heavy atom. The molecule has 0 saturated heterocycles. The van der Waals surface area contributed by atoms with Gasteiger partial charge in [-0.25, -0.2) is 0 Å². The maximum atomic E-state index is 12.6. The van der Waals surface area contributed by atoms with Crippen molar-refractivity contribution in [1.82, 2.24) is 0 Å². The van der Waals surface area contributed by atoms with Crippen molar-refractivity contribution in [3.8, 4) is 0 Å². The summed E-state index contributed by atoms with van der Waals surface area (Å²) in [6.45, 7) is 13.6. The fraction of sp³-hybridized carbons (Fsp3) is 0.650. The average molecular weight is 414 g/mol. The minimum absolute atomic E-state index is 0.0132. The van der Waals surface area contributed by atoms with Crippen LogP contribution in [0.2, 0.25) is 6.04 Å². The maximum Gasteiger partial charge on any atom is 0.500 e. The molecular weight excluding hydrogens is 378 g/mol. The summed E-state index contributed by atoms with van der Waals surface area (Å²) in [5, 5.41) is 3.00. The molecule has 1 N–H and O–H groups in total. The van der Waals surface area contributed by atoms with Crippen LogP contribution in [0.4, 0.5) is 5.69 Å². The van der Waals surface area contributed by atoms with Crippen molar-refractivity contribution in [3.05, 3.63) is 29.8 Å². The van der Waals surface area contributed by atoms with Crippen molar-refractivity contribution in [1.29, 1.82) is 0 Å². The van der Waals surface area contributed by atoms with Crippen LogP contribution >= 0.6 is 11.8 Å². The van der Waals surface area contributed by atoms with Crippen LogP contribution in [-0.2, 0) is 18.1 Å². The molecule has 5 nitrogen and oxygen atoms in total. The summed E-state index contributed by atoms with van der Waals surface area (Å²) in [7, 11) is -2.60. The molecule has 0 unspecified atom stereocenters. The molecule has 1 aromatic carbocycles. The van der Waals surface area contributed by atoms with Crippen LogP contribution in [-0.4, -0.2) is 45.0 Å². The van der Waals surface area contributed by atoms with Crippen LogP contribution in [0.25, 0.3) is 0 Å². The third-order valence-electron chi connectivity index (χ3n) is 4.04. The van der Waals surface area contributed by atoms with E-state index in [0.717, 1.165) is 23.9 Å². The first kappa shape index (κ1) is 24.2. The van der Waals surface area contributed by atoms with Gasteiger partial charge in [-0.3, -0.25) is 4.79 Å². The molecule has 0 bridgehead atoms. The Bertz CT molecular complexity index is 549. The second-order valence-corrected chi connectivity index (χ2v) is 11.2. The van der Waals surface area contributed by atoms with E-state index in [-0.39, 0.29) is 5.91 Å². The Morgan fingerprint density at radius 2 is 1.56 bits per heavy atom. The van der Waals surface area contributed by atoms with Gasteiger partial charge in [0.25, 0.3) is 0 Å². The first-order chi connectivity index (χ1) is 12.8. The van der Waals surface area contributed by atoms with Gasteiger partial charge < -0.3 is 18.6 Å². The Labute approximate surface area is 169 Å². The molecule has 0 fully saturated rings. The highest BCUT2D eigenvalue weighted by Crippen LogP contribution is 2.29. The van der Waals surface area contributed by atoms with E-state index in [1.54, 1.807) is 11.8 Å². The van der Waals surface area contributed by atoms with Gasteiger partial charge in [0.2, 0.25) is 5.91 Å². The number of carbonyl (C=O) groups is 1. The SMILES string of the molecule is CCO[Si](CCCSC(C)(C)C(=O)Nc1ccc(C)cc1)(OCC)OCC. The van der Waals surface area contributed by atoms with Crippen LogP contribution in [0.5, 0.6) is 0 Å². The number of thioether (sulfide) groups is 1. The summed E-state index contributed by atoms with van der Waals surface area (Å²) in [6.07, 6.45) is 0.887. The van der Waals surface area contributed by atoms with E-state index in [2.05, 4.69) is 5.32 Å². The maximum absolute atomic E-state index is 12.6. The molecule has 0 atom stereocenters. The molecule has 1 amide bonds. The van der Waals surface area contributed by atoms with Gasteiger partial charge in [0.1, 0.15) is 0 Å². The molecule has 7 heteroatoms. The predicted molar refractivity (Wildman–Crippen MR) is 116 cm³/mol. The number of benzene rings is 1. The van der Waals surface area contributed by atoms with E-state index in [9.17, 15) is 4.79 Å². The smallest absolute Gasteiger partial charge is 0.374 e. The summed E-state index contributed by atoms with van der Waals surface area (Å²) in [5.74, 6) is 0.857. The van der Waals surface area contributed by atoms with Crippen LogP contribution in [0.3, 0.4) is 0 Å². The largest absolute Gasteiger partial charge is 0.500 e. The molecule has 154 valence electrons. The quantitative estimate of drug-likeness (QED) is 0.369. The molecule has 0 aliphatic carbocycles. The van der Waals surface area contributed by atoms with Crippen molar-refractivity contribution in [2.75, 3.05) is 30.9 Å². The van der Waals surface area contributed by atoms with Gasteiger partial charge in [-0.1, -0.05) is 17.7 Å². The van der Waals surface area contributed by atoms with E-state index >= 15 is 0 Å².